The summed E-state index contributed by atoms with van der Waals surface area (Å²) in [7, 11) is 1.72. The Labute approximate surface area is 148 Å². The van der Waals surface area contributed by atoms with Crippen LogP contribution in [-0.4, -0.2) is 24.0 Å². The summed E-state index contributed by atoms with van der Waals surface area (Å²) in [5, 5.41) is 6.50. The second-order valence-electron chi connectivity index (χ2n) is 6.16. The van der Waals surface area contributed by atoms with Crippen LogP contribution in [0.3, 0.4) is 0 Å². The zero-order chi connectivity index (χ0) is 18.2. The number of guanidine groups is 1. The van der Waals surface area contributed by atoms with Crippen LogP contribution in [0.2, 0.25) is 0 Å². The van der Waals surface area contributed by atoms with E-state index in [9.17, 15) is 4.39 Å². The largest absolute Gasteiger partial charge is 0.453 e. The lowest BCUT2D eigenvalue weighted by Gasteiger charge is -2.20. The van der Waals surface area contributed by atoms with Crippen molar-refractivity contribution in [3.63, 3.8) is 0 Å². The fourth-order valence-electron chi connectivity index (χ4n) is 2.03. The number of nitrogens with one attached hydrogen (secondary N) is 2. The van der Waals surface area contributed by atoms with Gasteiger partial charge in [-0.05, 0) is 42.7 Å². The molecule has 0 aliphatic carbocycles. The molecule has 2 aromatic rings. The van der Waals surface area contributed by atoms with E-state index in [2.05, 4.69) is 41.4 Å². The summed E-state index contributed by atoms with van der Waals surface area (Å²) in [6.45, 7) is 6.85. The number of halogens is 1. The molecule has 134 valence electrons. The minimum atomic E-state index is -0.415. The van der Waals surface area contributed by atoms with Gasteiger partial charge in [0.2, 0.25) is 0 Å². The molecule has 0 aliphatic heterocycles. The van der Waals surface area contributed by atoms with Gasteiger partial charge in [-0.2, -0.15) is 0 Å². The third kappa shape index (κ3) is 5.74. The van der Waals surface area contributed by atoms with Crippen molar-refractivity contribution < 1.29 is 9.13 Å². The quantitative estimate of drug-likeness (QED) is 0.619. The number of aliphatic imine (C=N–C) groups is 1. The van der Waals surface area contributed by atoms with E-state index < -0.39 is 5.82 Å². The van der Waals surface area contributed by atoms with E-state index in [0.717, 1.165) is 5.56 Å². The van der Waals surface area contributed by atoms with Crippen LogP contribution in [0.15, 0.2) is 47.7 Å². The van der Waals surface area contributed by atoms with E-state index in [1.54, 1.807) is 37.6 Å². The van der Waals surface area contributed by atoms with Crippen LogP contribution >= 0.6 is 0 Å². The SMILES string of the molecule is CN=C(NCc1ccc(Oc2cccnc2)c(F)c1)NC(C)C(C)C. The average Bonchev–Trinajstić information content (AvgIpc) is 2.61. The van der Waals surface area contributed by atoms with Crippen molar-refractivity contribution in [3.8, 4) is 11.5 Å². The Balaban J connectivity index is 1.96. The summed E-state index contributed by atoms with van der Waals surface area (Å²) in [5.74, 6) is 1.44. The summed E-state index contributed by atoms with van der Waals surface area (Å²) < 4.78 is 19.7. The van der Waals surface area contributed by atoms with E-state index in [1.807, 2.05) is 6.07 Å². The van der Waals surface area contributed by atoms with Gasteiger partial charge in [0.25, 0.3) is 0 Å². The number of ether oxygens (including phenoxy) is 1. The van der Waals surface area contributed by atoms with Crippen LogP contribution in [0.1, 0.15) is 26.3 Å². The van der Waals surface area contributed by atoms with Gasteiger partial charge < -0.3 is 15.4 Å². The van der Waals surface area contributed by atoms with Gasteiger partial charge in [-0.3, -0.25) is 9.98 Å². The van der Waals surface area contributed by atoms with E-state index in [-0.39, 0.29) is 11.8 Å². The maximum Gasteiger partial charge on any atom is 0.191 e. The Morgan fingerprint density at radius 2 is 2.08 bits per heavy atom. The monoisotopic (exact) mass is 344 g/mol. The molecule has 6 heteroatoms. The first-order valence-corrected chi connectivity index (χ1v) is 8.33. The lowest BCUT2D eigenvalue weighted by atomic mass is 10.1. The lowest BCUT2D eigenvalue weighted by molar-refractivity contribution is 0.440. The molecule has 0 amide bonds. The van der Waals surface area contributed by atoms with Crippen LogP contribution < -0.4 is 15.4 Å². The Morgan fingerprint density at radius 3 is 2.68 bits per heavy atom. The Bertz CT molecular complexity index is 704. The van der Waals surface area contributed by atoms with Crippen LogP contribution in [-0.2, 0) is 6.54 Å². The summed E-state index contributed by atoms with van der Waals surface area (Å²) in [4.78, 5) is 8.13. The molecular formula is C19H25FN4O. The molecular weight excluding hydrogens is 319 g/mol. The molecule has 1 unspecified atom stereocenters. The molecule has 1 heterocycles. The molecule has 2 rings (SSSR count). The predicted molar refractivity (Wildman–Crippen MR) is 98.3 cm³/mol. The highest BCUT2D eigenvalue weighted by atomic mass is 19.1. The maximum absolute atomic E-state index is 14.2. The van der Waals surface area contributed by atoms with Crippen molar-refractivity contribution >= 4 is 5.96 Å². The van der Waals surface area contributed by atoms with Crippen LogP contribution in [0.25, 0.3) is 0 Å². The van der Waals surface area contributed by atoms with Gasteiger partial charge in [-0.15, -0.1) is 0 Å². The third-order valence-corrected chi connectivity index (χ3v) is 3.91. The lowest BCUT2D eigenvalue weighted by Crippen LogP contribution is -2.43. The van der Waals surface area contributed by atoms with E-state index in [0.29, 0.717) is 24.2 Å². The number of hydrogen-bond acceptors (Lipinski definition) is 3. The van der Waals surface area contributed by atoms with Crippen molar-refractivity contribution in [1.82, 2.24) is 15.6 Å². The van der Waals surface area contributed by atoms with Crippen molar-refractivity contribution in [2.24, 2.45) is 10.9 Å². The van der Waals surface area contributed by atoms with Crippen LogP contribution in [0.4, 0.5) is 4.39 Å². The molecule has 1 atom stereocenters. The fraction of sp³-hybridized carbons (Fsp3) is 0.368. The van der Waals surface area contributed by atoms with Crippen molar-refractivity contribution in [1.29, 1.82) is 0 Å². The third-order valence-electron chi connectivity index (χ3n) is 3.91. The molecule has 1 aromatic carbocycles. The smallest absolute Gasteiger partial charge is 0.191 e. The first kappa shape index (κ1) is 18.7. The fourth-order valence-corrected chi connectivity index (χ4v) is 2.03. The topological polar surface area (TPSA) is 58.5 Å². The Hall–Kier alpha value is -2.63. The minimum Gasteiger partial charge on any atom is -0.453 e. The molecule has 0 saturated carbocycles. The summed E-state index contributed by atoms with van der Waals surface area (Å²) in [6.07, 6.45) is 3.18. The second kappa shape index (κ2) is 9.01. The van der Waals surface area contributed by atoms with Gasteiger partial charge in [0.1, 0.15) is 5.75 Å². The number of rotatable bonds is 6. The van der Waals surface area contributed by atoms with Crippen molar-refractivity contribution in [3.05, 3.63) is 54.1 Å². The standard InChI is InChI=1S/C19H25FN4O/c1-13(2)14(3)24-19(21-4)23-11-15-7-8-18(17(20)10-15)25-16-6-5-9-22-12-16/h5-10,12-14H,11H2,1-4H3,(H2,21,23,24). The number of nitrogens with zero attached hydrogens (tertiary/aromatic N) is 2. The second-order valence-corrected chi connectivity index (χ2v) is 6.16. The molecule has 0 fully saturated rings. The zero-order valence-corrected chi connectivity index (χ0v) is 15.1. The maximum atomic E-state index is 14.2. The van der Waals surface area contributed by atoms with Crippen molar-refractivity contribution in [2.75, 3.05) is 7.05 Å². The summed E-state index contributed by atoms with van der Waals surface area (Å²) in [5.41, 5.74) is 0.802. The van der Waals surface area contributed by atoms with Crippen LogP contribution in [0.5, 0.6) is 11.5 Å². The molecule has 0 aliphatic rings. The number of pyridine rings is 1. The molecule has 2 N–H and O–H groups in total. The van der Waals surface area contributed by atoms with Gasteiger partial charge >= 0.3 is 0 Å². The molecule has 0 radical (unpaired) electrons. The molecule has 5 nitrogen and oxygen atoms in total. The summed E-state index contributed by atoms with van der Waals surface area (Å²) >= 11 is 0. The normalized spacial score (nSPS) is 12.8. The highest BCUT2D eigenvalue weighted by molar-refractivity contribution is 5.79. The predicted octanol–water partition coefficient (Wildman–Crippen LogP) is 3.72. The van der Waals surface area contributed by atoms with Gasteiger partial charge in [0.15, 0.2) is 17.5 Å². The highest BCUT2D eigenvalue weighted by Crippen LogP contribution is 2.24. The van der Waals surface area contributed by atoms with E-state index in [4.69, 9.17) is 4.74 Å². The first-order valence-electron chi connectivity index (χ1n) is 8.33. The average molecular weight is 344 g/mol. The van der Waals surface area contributed by atoms with Gasteiger partial charge in [-0.1, -0.05) is 19.9 Å². The number of hydrogen-bond donors (Lipinski definition) is 2. The van der Waals surface area contributed by atoms with Gasteiger partial charge in [-0.25, -0.2) is 4.39 Å². The molecule has 25 heavy (non-hydrogen) atoms. The molecule has 0 saturated heterocycles. The Kier molecular flexibility index (Phi) is 6.74. The van der Waals surface area contributed by atoms with Crippen molar-refractivity contribution in [2.45, 2.75) is 33.4 Å². The number of aromatic nitrogens is 1. The molecule has 0 spiro atoms. The van der Waals surface area contributed by atoms with Gasteiger partial charge in [0, 0.05) is 25.8 Å². The Morgan fingerprint density at radius 1 is 1.28 bits per heavy atom. The summed E-state index contributed by atoms with van der Waals surface area (Å²) in [6, 6.07) is 8.65. The van der Waals surface area contributed by atoms with Gasteiger partial charge in [0.05, 0.1) is 6.20 Å². The van der Waals surface area contributed by atoms with E-state index in [1.165, 1.54) is 6.07 Å². The molecule has 1 aromatic heterocycles. The minimum absolute atomic E-state index is 0.174. The number of benzene rings is 1. The van der Waals surface area contributed by atoms with Crippen LogP contribution in [0, 0.1) is 11.7 Å². The van der Waals surface area contributed by atoms with E-state index >= 15 is 0 Å². The first-order chi connectivity index (χ1) is 12.0. The highest BCUT2D eigenvalue weighted by Gasteiger charge is 2.10. The molecule has 0 bridgehead atoms. The zero-order valence-electron chi connectivity index (χ0n) is 15.1.